The van der Waals surface area contributed by atoms with Gasteiger partial charge in [-0.2, -0.15) is 5.10 Å². The highest BCUT2D eigenvalue weighted by Crippen LogP contribution is 2.21. The summed E-state index contributed by atoms with van der Waals surface area (Å²) < 4.78 is 1.66. The molecule has 3 rings (SSSR count). The second kappa shape index (κ2) is 6.86. The van der Waals surface area contributed by atoms with Gasteiger partial charge in [-0.15, -0.1) is 0 Å². The van der Waals surface area contributed by atoms with Crippen molar-refractivity contribution >= 4 is 23.3 Å². The summed E-state index contributed by atoms with van der Waals surface area (Å²) in [7, 11) is 0. The third-order valence-corrected chi connectivity index (χ3v) is 3.79. The highest BCUT2D eigenvalue weighted by atomic mass is 35.5. The topological polar surface area (TPSA) is 72.9 Å². The maximum atomic E-state index is 12.5. The van der Waals surface area contributed by atoms with Crippen LogP contribution in [0.1, 0.15) is 21.6 Å². The quantitative estimate of drug-likeness (QED) is 0.763. The number of nitrogens with zero attached hydrogens (tertiary/aromatic N) is 2. The average molecular weight is 341 g/mol. The van der Waals surface area contributed by atoms with Crippen LogP contribution in [0.2, 0.25) is 5.02 Å². The average Bonchev–Trinajstić information content (AvgIpc) is 2.95. The number of anilines is 1. The molecule has 3 aromatic rings. The molecule has 0 saturated carbocycles. The van der Waals surface area contributed by atoms with E-state index in [1.165, 1.54) is 0 Å². The lowest BCUT2D eigenvalue weighted by Crippen LogP contribution is -2.15. The highest BCUT2D eigenvalue weighted by molar-refractivity contribution is 6.30. The minimum absolute atomic E-state index is 0.214. The fourth-order valence-electron chi connectivity index (χ4n) is 2.42. The van der Waals surface area contributed by atoms with Crippen LogP contribution in [0.3, 0.4) is 0 Å². The number of hydrogen-bond acceptors (Lipinski definition) is 3. The number of benzene rings is 2. The third kappa shape index (κ3) is 3.48. The summed E-state index contributed by atoms with van der Waals surface area (Å²) in [5, 5.41) is 7.93. The van der Waals surface area contributed by atoms with Gasteiger partial charge in [0.15, 0.2) is 0 Å². The fourth-order valence-corrected chi connectivity index (χ4v) is 2.61. The fraction of sp³-hybridized carbons (Fsp3) is 0.111. The van der Waals surface area contributed by atoms with Crippen LogP contribution in [0.25, 0.3) is 5.69 Å². The molecule has 6 heteroatoms. The van der Waals surface area contributed by atoms with E-state index in [9.17, 15) is 4.79 Å². The first-order valence-corrected chi connectivity index (χ1v) is 7.87. The van der Waals surface area contributed by atoms with Crippen molar-refractivity contribution in [3.05, 3.63) is 76.4 Å². The Labute approximate surface area is 145 Å². The summed E-state index contributed by atoms with van der Waals surface area (Å²) in [5.74, 6) is 0.367. The van der Waals surface area contributed by atoms with Crippen LogP contribution in [0.4, 0.5) is 5.82 Å². The summed E-state index contributed by atoms with van der Waals surface area (Å²) in [4.78, 5) is 12.5. The molecule has 3 N–H and O–H groups in total. The number of rotatable bonds is 4. The molecule has 0 spiro atoms. The number of halogens is 1. The Bertz CT molecular complexity index is 888. The molecule has 1 heterocycles. The van der Waals surface area contributed by atoms with Crippen LogP contribution in [0.5, 0.6) is 0 Å². The Kier molecular flexibility index (Phi) is 4.64. The summed E-state index contributed by atoms with van der Waals surface area (Å²) >= 11 is 6.05. The lowest BCUT2D eigenvalue weighted by molar-refractivity contribution is 0.102. The first-order valence-electron chi connectivity index (χ1n) is 7.50. The molecule has 122 valence electrons. The van der Waals surface area contributed by atoms with E-state index in [1.54, 1.807) is 28.9 Å². The number of nitrogens with one attached hydrogen (secondary N) is 1. The zero-order valence-electron chi connectivity index (χ0n) is 13.2. The Morgan fingerprint density at radius 2 is 2.00 bits per heavy atom. The van der Waals surface area contributed by atoms with Gasteiger partial charge in [0.1, 0.15) is 5.82 Å². The van der Waals surface area contributed by atoms with Gasteiger partial charge >= 0.3 is 0 Å². The molecule has 2 aromatic carbocycles. The van der Waals surface area contributed by atoms with Crippen molar-refractivity contribution in [3.63, 3.8) is 0 Å². The van der Waals surface area contributed by atoms with Crippen molar-refractivity contribution in [2.75, 3.05) is 5.32 Å². The number of carbonyl (C=O) groups is 1. The lowest BCUT2D eigenvalue weighted by atomic mass is 10.1. The van der Waals surface area contributed by atoms with Crippen LogP contribution in [0, 0.1) is 6.92 Å². The smallest absolute Gasteiger partial charge is 0.256 e. The van der Waals surface area contributed by atoms with Crippen molar-refractivity contribution in [1.82, 2.24) is 9.78 Å². The maximum Gasteiger partial charge on any atom is 0.256 e. The van der Waals surface area contributed by atoms with Gasteiger partial charge < -0.3 is 11.1 Å². The Balaban J connectivity index is 1.91. The molecule has 0 radical (unpaired) electrons. The number of hydrogen-bond donors (Lipinski definition) is 2. The number of aryl methyl sites for hydroxylation is 1. The molecule has 0 unspecified atom stereocenters. The van der Waals surface area contributed by atoms with Gasteiger partial charge in [0, 0.05) is 23.2 Å². The molecular formula is C18H17ClN4O. The maximum absolute atomic E-state index is 12.5. The molecule has 5 nitrogen and oxygen atoms in total. The van der Waals surface area contributed by atoms with E-state index < -0.39 is 0 Å². The molecule has 0 saturated heterocycles. The lowest BCUT2D eigenvalue weighted by Gasteiger charge is -2.10. The molecule has 24 heavy (non-hydrogen) atoms. The molecule has 0 fully saturated rings. The molecule has 0 aliphatic heterocycles. The molecule has 0 bridgehead atoms. The number of amides is 1. The minimum Gasteiger partial charge on any atom is -0.326 e. The molecule has 1 aromatic heterocycles. The predicted octanol–water partition coefficient (Wildman–Crippen LogP) is 3.55. The van der Waals surface area contributed by atoms with E-state index in [2.05, 4.69) is 10.4 Å². The summed E-state index contributed by atoms with van der Waals surface area (Å²) in [6.07, 6.45) is 0. The number of nitrogens with two attached hydrogens (primary N) is 1. The van der Waals surface area contributed by atoms with Gasteiger partial charge in [-0.3, -0.25) is 4.79 Å². The zero-order chi connectivity index (χ0) is 17.1. The highest BCUT2D eigenvalue weighted by Gasteiger charge is 2.13. The van der Waals surface area contributed by atoms with Crippen molar-refractivity contribution in [2.24, 2.45) is 5.73 Å². The number of aromatic nitrogens is 2. The Morgan fingerprint density at radius 1 is 1.21 bits per heavy atom. The van der Waals surface area contributed by atoms with E-state index in [1.807, 2.05) is 37.3 Å². The largest absolute Gasteiger partial charge is 0.326 e. The van der Waals surface area contributed by atoms with Gasteiger partial charge in [0.05, 0.1) is 11.4 Å². The van der Waals surface area contributed by atoms with E-state index >= 15 is 0 Å². The number of carbonyl (C=O) groups excluding carboxylic acids is 1. The van der Waals surface area contributed by atoms with Crippen LogP contribution in [-0.4, -0.2) is 15.7 Å². The second-order valence-electron chi connectivity index (χ2n) is 5.42. The van der Waals surface area contributed by atoms with Crippen LogP contribution in [-0.2, 0) is 6.54 Å². The predicted molar refractivity (Wildman–Crippen MR) is 95.6 cm³/mol. The first kappa shape index (κ1) is 16.2. The standard InChI is InChI=1S/C18H17ClN4O/c1-12-8-17(23(22-12)16-7-3-6-15(19)10-16)21-18(24)14-5-2-4-13(9-14)11-20/h2-10H,11,20H2,1H3,(H,21,24). The third-order valence-electron chi connectivity index (χ3n) is 3.55. The van der Waals surface area contributed by atoms with Crippen LogP contribution >= 0.6 is 11.6 Å². The van der Waals surface area contributed by atoms with E-state index in [0.717, 1.165) is 16.9 Å². The van der Waals surface area contributed by atoms with Gasteiger partial charge in [0.25, 0.3) is 5.91 Å². The van der Waals surface area contributed by atoms with E-state index in [4.69, 9.17) is 17.3 Å². The van der Waals surface area contributed by atoms with Crippen molar-refractivity contribution in [3.8, 4) is 5.69 Å². The van der Waals surface area contributed by atoms with Crippen molar-refractivity contribution in [2.45, 2.75) is 13.5 Å². The first-order chi connectivity index (χ1) is 11.6. The molecule has 0 aliphatic carbocycles. The normalized spacial score (nSPS) is 10.6. The summed E-state index contributed by atoms with van der Waals surface area (Å²) in [6, 6.07) is 16.3. The monoisotopic (exact) mass is 340 g/mol. The van der Waals surface area contributed by atoms with Crippen molar-refractivity contribution < 1.29 is 4.79 Å². The van der Waals surface area contributed by atoms with Gasteiger partial charge in [0.2, 0.25) is 0 Å². The van der Waals surface area contributed by atoms with E-state index in [-0.39, 0.29) is 5.91 Å². The zero-order valence-corrected chi connectivity index (χ0v) is 13.9. The van der Waals surface area contributed by atoms with Crippen molar-refractivity contribution in [1.29, 1.82) is 0 Å². The Hall–Kier alpha value is -2.63. The van der Waals surface area contributed by atoms with Crippen LogP contribution < -0.4 is 11.1 Å². The molecule has 0 aliphatic rings. The molecule has 1 amide bonds. The summed E-state index contributed by atoms with van der Waals surface area (Å²) in [6.45, 7) is 2.26. The SMILES string of the molecule is Cc1cc(NC(=O)c2cccc(CN)c2)n(-c2cccc(Cl)c2)n1. The van der Waals surface area contributed by atoms with Crippen LogP contribution in [0.15, 0.2) is 54.6 Å². The minimum atomic E-state index is -0.214. The second-order valence-corrected chi connectivity index (χ2v) is 5.86. The van der Waals surface area contributed by atoms with E-state index in [0.29, 0.717) is 22.9 Å². The van der Waals surface area contributed by atoms with Gasteiger partial charge in [-0.1, -0.05) is 29.8 Å². The Morgan fingerprint density at radius 3 is 2.75 bits per heavy atom. The molecular weight excluding hydrogens is 324 g/mol. The van der Waals surface area contributed by atoms with Gasteiger partial charge in [-0.05, 0) is 42.8 Å². The molecule has 0 atom stereocenters. The summed E-state index contributed by atoms with van der Waals surface area (Å²) in [5.41, 5.74) is 8.66. The van der Waals surface area contributed by atoms with Gasteiger partial charge in [-0.25, -0.2) is 4.68 Å².